The Morgan fingerprint density at radius 3 is 2.70 bits per heavy atom. The lowest BCUT2D eigenvalue weighted by Crippen LogP contribution is -2.17. The molecule has 0 spiro atoms. The largest absolute Gasteiger partial charge is 0.507 e. The number of halogens is 2. The number of aromatic nitrogens is 1. The number of aromatic hydroxyl groups is 1. The van der Waals surface area contributed by atoms with Gasteiger partial charge >= 0.3 is 0 Å². The maximum Gasteiger partial charge on any atom is 0.275 e. The summed E-state index contributed by atoms with van der Waals surface area (Å²) < 4.78 is 2.73. The molecule has 3 rings (SSSR count). The van der Waals surface area contributed by atoms with Gasteiger partial charge in [-0.25, -0.2) is 5.43 Å². The topological polar surface area (TPSA) is 66.6 Å². The smallest absolute Gasteiger partial charge is 0.275 e. The van der Waals surface area contributed by atoms with Crippen LogP contribution in [0.25, 0.3) is 5.69 Å². The first-order valence-corrected chi connectivity index (χ1v) is 9.31. The maximum absolute atomic E-state index is 12.2. The fourth-order valence-electron chi connectivity index (χ4n) is 2.83. The SMILES string of the molecule is Cc1cc(/C=N/NC(=O)c2cc(Br)ccc2O)c(C)n1-c1ccccc1Cl. The van der Waals surface area contributed by atoms with Crippen molar-refractivity contribution in [3.05, 3.63) is 80.5 Å². The zero-order chi connectivity index (χ0) is 19.6. The molecule has 2 aromatic carbocycles. The van der Waals surface area contributed by atoms with Crippen molar-refractivity contribution < 1.29 is 9.90 Å². The predicted molar refractivity (Wildman–Crippen MR) is 111 cm³/mol. The van der Waals surface area contributed by atoms with Gasteiger partial charge in [-0.05, 0) is 50.2 Å². The van der Waals surface area contributed by atoms with E-state index in [0.717, 1.165) is 22.6 Å². The third-order valence-electron chi connectivity index (χ3n) is 4.14. The van der Waals surface area contributed by atoms with Crippen LogP contribution in [-0.2, 0) is 0 Å². The second-order valence-corrected chi connectivity index (χ2v) is 7.30. The van der Waals surface area contributed by atoms with Gasteiger partial charge in [-0.3, -0.25) is 4.79 Å². The summed E-state index contributed by atoms with van der Waals surface area (Å²) in [5, 5.41) is 14.5. The number of hydrogen-bond acceptors (Lipinski definition) is 3. The van der Waals surface area contributed by atoms with Crippen LogP contribution in [0.4, 0.5) is 0 Å². The highest BCUT2D eigenvalue weighted by molar-refractivity contribution is 9.10. The minimum absolute atomic E-state index is 0.109. The van der Waals surface area contributed by atoms with Crippen molar-refractivity contribution in [1.82, 2.24) is 9.99 Å². The van der Waals surface area contributed by atoms with Crippen LogP contribution in [0.3, 0.4) is 0 Å². The molecule has 7 heteroatoms. The molecule has 1 heterocycles. The highest BCUT2D eigenvalue weighted by Crippen LogP contribution is 2.26. The molecule has 0 unspecified atom stereocenters. The molecule has 0 saturated heterocycles. The van der Waals surface area contributed by atoms with Crippen LogP contribution in [0.2, 0.25) is 5.02 Å². The zero-order valence-electron chi connectivity index (χ0n) is 14.7. The molecule has 0 radical (unpaired) electrons. The quantitative estimate of drug-likeness (QED) is 0.438. The Morgan fingerprint density at radius 2 is 1.96 bits per heavy atom. The maximum atomic E-state index is 12.2. The molecule has 0 aliphatic rings. The number of aryl methyl sites for hydroxylation is 1. The summed E-state index contributed by atoms with van der Waals surface area (Å²) in [4.78, 5) is 12.2. The van der Waals surface area contributed by atoms with Crippen LogP contribution in [0, 0.1) is 13.8 Å². The van der Waals surface area contributed by atoms with Crippen LogP contribution < -0.4 is 5.43 Å². The number of phenolic OH excluding ortho intramolecular Hbond substituents is 1. The van der Waals surface area contributed by atoms with Gasteiger partial charge in [-0.2, -0.15) is 5.10 Å². The van der Waals surface area contributed by atoms with E-state index in [4.69, 9.17) is 11.6 Å². The second kappa shape index (κ2) is 7.98. The van der Waals surface area contributed by atoms with Crippen LogP contribution >= 0.6 is 27.5 Å². The van der Waals surface area contributed by atoms with Crippen molar-refractivity contribution in [2.75, 3.05) is 0 Å². The first-order chi connectivity index (χ1) is 12.9. The average molecular weight is 447 g/mol. The summed E-state index contributed by atoms with van der Waals surface area (Å²) >= 11 is 9.59. The van der Waals surface area contributed by atoms with Crippen molar-refractivity contribution >= 4 is 39.7 Å². The molecule has 138 valence electrons. The Balaban J connectivity index is 1.82. The normalized spacial score (nSPS) is 11.1. The molecular weight excluding hydrogens is 430 g/mol. The minimum Gasteiger partial charge on any atom is -0.507 e. The van der Waals surface area contributed by atoms with Crippen molar-refractivity contribution in [3.63, 3.8) is 0 Å². The number of nitrogens with zero attached hydrogens (tertiary/aromatic N) is 2. The third kappa shape index (κ3) is 4.07. The monoisotopic (exact) mass is 445 g/mol. The Morgan fingerprint density at radius 1 is 1.22 bits per heavy atom. The Kier molecular flexibility index (Phi) is 5.68. The lowest BCUT2D eigenvalue weighted by Gasteiger charge is -2.11. The van der Waals surface area contributed by atoms with Gasteiger partial charge in [-0.1, -0.05) is 39.7 Å². The molecule has 0 saturated carbocycles. The van der Waals surface area contributed by atoms with Gasteiger partial charge in [0.25, 0.3) is 5.91 Å². The first kappa shape index (κ1) is 19.2. The molecule has 0 fully saturated rings. The van der Waals surface area contributed by atoms with Crippen LogP contribution in [-0.4, -0.2) is 21.8 Å². The van der Waals surface area contributed by atoms with Crippen molar-refractivity contribution in [2.45, 2.75) is 13.8 Å². The lowest BCUT2D eigenvalue weighted by molar-refractivity contribution is 0.0952. The van der Waals surface area contributed by atoms with E-state index in [-0.39, 0.29) is 11.3 Å². The number of rotatable bonds is 4. The lowest BCUT2D eigenvalue weighted by atomic mass is 10.2. The zero-order valence-corrected chi connectivity index (χ0v) is 17.0. The molecule has 2 N–H and O–H groups in total. The van der Waals surface area contributed by atoms with E-state index in [1.54, 1.807) is 12.3 Å². The van der Waals surface area contributed by atoms with Gasteiger partial charge in [0.05, 0.1) is 22.5 Å². The molecule has 5 nitrogen and oxygen atoms in total. The van der Waals surface area contributed by atoms with Gasteiger partial charge in [-0.15, -0.1) is 0 Å². The van der Waals surface area contributed by atoms with Gasteiger partial charge in [0.2, 0.25) is 0 Å². The number of carbonyl (C=O) groups is 1. The van der Waals surface area contributed by atoms with E-state index < -0.39 is 5.91 Å². The van der Waals surface area contributed by atoms with Crippen LogP contribution in [0.5, 0.6) is 5.75 Å². The van der Waals surface area contributed by atoms with Crippen molar-refractivity contribution in [1.29, 1.82) is 0 Å². The Labute approximate surface area is 170 Å². The number of hydrazone groups is 1. The van der Waals surface area contributed by atoms with Crippen LogP contribution in [0.1, 0.15) is 27.3 Å². The fourth-order valence-corrected chi connectivity index (χ4v) is 3.41. The number of hydrogen-bond donors (Lipinski definition) is 2. The average Bonchev–Trinajstić information content (AvgIpc) is 2.91. The molecular formula is C20H17BrClN3O2. The second-order valence-electron chi connectivity index (χ2n) is 5.97. The number of nitrogens with one attached hydrogen (secondary N) is 1. The number of amides is 1. The van der Waals surface area contributed by atoms with Crippen molar-refractivity contribution in [2.24, 2.45) is 5.10 Å². The summed E-state index contributed by atoms with van der Waals surface area (Å²) in [6.45, 7) is 3.94. The molecule has 0 aliphatic carbocycles. The van der Waals surface area contributed by atoms with Gasteiger partial charge in [0.1, 0.15) is 5.75 Å². The fraction of sp³-hybridized carbons (Fsp3) is 0.100. The first-order valence-electron chi connectivity index (χ1n) is 8.14. The Bertz CT molecular complexity index is 1040. The highest BCUT2D eigenvalue weighted by Gasteiger charge is 2.13. The van der Waals surface area contributed by atoms with Crippen molar-refractivity contribution in [3.8, 4) is 11.4 Å². The number of carbonyl (C=O) groups excluding carboxylic acids is 1. The van der Waals surface area contributed by atoms with Gasteiger partial charge in [0.15, 0.2) is 0 Å². The molecule has 3 aromatic rings. The summed E-state index contributed by atoms with van der Waals surface area (Å²) in [5.41, 5.74) is 6.26. The van der Waals surface area contributed by atoms with E-state index in [2.05, 4.69) is 26.5 Å². The molecule has 1 amide bonds. The molecule has 0 atom stereocenters. The van der Waals surface area contributed by atoms with E-state index in [0.29, 0.717) is 9.50 Å². The molecule has 27 heavy (non-hydrogen) atoms. The number of phenols is 1. The highest BCUT2D eigenvalue weighted by atomic mass is 79.9. The molecule has 0 aliphatic heterocycles. The number of para-hydroxylation sites is 1. The summed E-state index contributed by atoms with van der Waals surface area (Å²) in [7, 11) is 0. The summed E-state index contributed by atoms with van der Waals surface area (Å²) in [5.74, 6) is -0.604. The van der Waals surface area contributed by atoms with Crippen LogP contribution in [0.15, 0.2) is 58.1 Å². The number of benzene rings is 2. The minimum atomic E-state index is -0.495. The summed E-state index contributed by atoms with van der Waals surface area (Å²) in [6.07, 6.45) is 1.57. The van der Waals surface area contributed by atoms with Gasteiger partial charge < -0.3 is 9.67 Å². The third-order valence-corrected chi connectivity index (χ3v) is 4.95. The van der Waals surface area contributed by atoms with Gasteiger partial charge in [0, 0.05) is 21.4 Å². The molecule has 0 bridgehead atoms. The summed E-state index contributed by atoms with van der Waals surface area (Å²) in [6, 6.07) is 14.2. The van der Waals surface area contributed by atoms with E-state index in [9.17, 15) is 9.90 Å². The predicted octanol–water partition coefficient (Wildman–Crippen LogP) is 4.98. The van der Waals surface area contributed by atoms with E-state index >= 15 is 0 Å². The van der Waals surface area contributed by atoms with E-state index in [1.807, 2.05) is 48.7 Å². The molecule has 1 aromatic heterocycles. The Hall–Kier alpha value is -2.57. The van der Waals surface area contributed by atoms with E-state index in [1.165, 1.54) is 12.1 Å². The standard InChI is InChI=1S/C20H17BrClN3O2/c1-12-9-14(13(2)25(12)18-6-4-3-5-17(18)22)11-23-24-20(27)16-10-15(21)7-8-19(16)26/h3-11,26H,1-2H3,(H,24,27)/b23-11+.